The van der Waals surface area contributed by atoms with E-state index in [9.17, 15) is 65.8 Å². The van der Waals surface area contributed by atoms with Crippen LogP contribution in [-0.4, -0.2) is 213 Å². The van der Waals surface area contributed by atoms with Crippen molar-refractivity contribution in [1.29, 1.82) is 0 Å². The average molecular weight is 655 g/mol. The third kappa shape index (κ3) is 8.32. The summed E-state index contributed by atoms with van der Waals surface area (Å²) in [6, 6.07) is 0. The Labute approximate surface area is 246 Å². The molecule has 0 saturated carbocycles. The third-order valence-corrected chi connectivity index (χ3v) is 6.97. The second-order valence-corrected chi connectivity index (χ2v) is 9.97. The Balaban J connectivity index is 0.000000580. The number of aliphatic carboxylic acids is 2. The lowest BCUT2D eigenvalue weighted by Gasteiger charge is -2.44. The van der Waals surface area contributed by atoms with Gasteiger partial charge >= 0.3 is 11.9 Å². The van der Waals surface area contributed by atoms with Crippen molar-refractivity contribution >= 4 is 11.9 Å². The monoisotopic (exact) mass is 654 g/mol. The molecule has 2 unspecified atom stereocenters. The number of carboxylic acids is 2. The largest absolute Gasteiger partial charge is 0.479 e. The predicted octanol–water partition coefficient (Wildman–Crippen LogP) is -9.69. The van der Waals surface area contributed by atoms with Crippen LogP contribution >= 0.6 is 0 Å². The Hall–Kier alpha value is -1.78. The predicted molar refractivity (Wildman–Crippen MR) is 129 cm³/mol. The summed E-state index contributed by atoms with van der Waals surface area (Å²) in [7, 11) is 0. The Bertz CT molecular complexity index is 904. The summed E-state index contributed by atoms with van der Waals surface area (Å²) in [6.07, 6.45) is -26.3. The molecule has 258 valence electrons. The van der Waals surface area contributed by atoms with Crippen molar-refractivity contribution in [1.82, 2.24) is 0 Å². The van der Waals surface area contributed by atoms with Gasteiger partial charge in [0.15, 0.2) is 24.8 Å². The molecule has 0 aliphatic carbocycles. The first-order valence-electron chi connectivity index (χ1n) is 12.8. The van der Waals surface area contributed by atoms with Crippen molar-refractivity contribution < 1.29 is 110 Å². The van der Waals surface area contributed by atoms with Crippen LogP contribution in [0.15, 0.2) is 0 Å². The maximum Gasteiger partial charge on any atom is 0.335 e. The number of hydrogen-bond donors (Lipinski definition) is 15. The Kier molecular flexibility index (Phi) is 14.1. The fraction of sp³-hybridized carbons (Fsp3) is 0.909. The minimum atomic E-state index is -2.36. The first-order chi connectivity index (χ1) is 20.5. The van der Waals surface area contributed by atoms with E-state index in [-0.39, 0.29) is 0 Å². The van der Waals surface area contributed by atoms with Gasteiger partial charge < -0.3 is 100 Å². The number of hydrogen-bond acceptors (Lipinski definition) is 20. The highest BCUT2D eigenvalue weighted by atomic mass is 16.8. The van der Waals surface area contributed by atoms with E-state index in [1.165, 1.54) is 0 Å². The van der Waals surface area contributed by atoms with E-state index in [0.717, 1.165) is 0 Å². The molecule has 0 amide bonds. The molecule has 15 N–H and O–H groups in total. The van der Waals surface area contributed by atoms with Crippen LogP contribution in [0.5, 0.6) is 0 Å². The number of rotatable bonds is 11. The first-order valence-corrected chi connectivity index (χ1v) is 12.8. The normalized spacial score (nSPS) is 43.9. The van der Waals surface area contributed by atoms with Gasteiger partial charge in [-0.15, -0.1) is 0 Å². The lowest BCUT2D eigenvalue weighted by atomic mass is 9.98. The van der Waals surface area contributed by atoms with Crippen LogP contribution in [0.4, 0.5) is 0 Å². The summed E-state index contributed by atoms with van der Waals surface area (Å²) in [5.74, 6) is -5.90. The molecule has 0 radical (unpaired) electrons. The Morgan fingerprint density at radius 3 is 1.52 bits per heavy atom. The van der Waals surface area contributed by atoms with Crippen LogP contribution < -0.4 is 0 Å². The molecule has 3 heterocycles. The summed E-state index contributed by atoms with van der Waals surface area (Å²) in [5.41, 5.74) is 0. The lowest BCUT2D eigenvalue weighted by Crippen LogP contribution is -2.63. The van der Waals surface area contributed by atoms with E-state index in [1.807, 2.05) is 0 Å². The van der Waals surface area contributed by atoms with Crippen LogP contribution in [0.3, 0.4) is 0 Å². The highest BCUT2D eigenvalue weighted by Crippen LogP contribution is 2.36. The van der Waals surface area contributed by atoms with Crippen LogP contribution in [0.25, 0.3) is 0 Å². The molecule has 22 heteroatoms. The number of aliphatic hydroxyl groups is 13. The zero-order valence-corrected chi connectivity index (χ0v) is 22.6. The average Bonchev–Trinajstić information content (AvgIpc) is 3.24. The van der Waals surface area contributed by atoms with Gasteiger partial charge in [-0.05, 0) is 0 Å². The minimum Gasteiger partial charge on any atom is -0.479 e. The zero-order chi connectivity index (χ0) is 33.7. The van der Waals surface area contributed by atoms with Crippen LogP contribution in [0, 0.1) is 0 Å². The highest BCUT2D eigenvalue weighted by molar-refractivity contribution is 5.83. The second-order valence-electron chi connectivity index (χ2n) is 9.97. The summed E-state index contributed by atoms with van der Waals surface area (Å²) in [5, 5.41) is 141. The second kappa shape index (κ2) is 16.2. The molecule has 3 rings (SSSR count). The van der Waals surface area contributed by atoms with E-state index in [1.54, 1.807) is 0 Å². The molecule has 16 atom stereocenters. The molecule has 3 aliphatic heterocycles. The van der Waals surface area contributed by atoms with E-state index < -0.39 is 136 Å². The molecule has 22 nitrogen and oxygen atoms in total. The van der Waals surface area contributed by atoms with Gasteiger partial charge in [0.2, 0.25) is 5.79 Å². The van der Waals surface area contributed by atoms with Crippen LogP contribution in [-0.2, 0) is 33.3 Å². The fourth-order valence-corrected chi connectivity index (χ4v) is 4.28. The summed E-state index contributed by atoms with van der Waals surface area (Å²) < 4.78 is 26.4. The van der Waals surface area contributed by atoms with Gasteiger partial charge in [0.05, 0.1) is 19.8 Å². The van der Waals surface area contributed by atoms with E-state index >= 15 is 0 Å². The standard InChI is InChI=1S/C18H32O16.C4H6O6/c19-1-5-8(22)11(25)13(27)16(31-5)30-3-7-9(23)12(26)14(28)17(32-7)34-18(4-21)15(29)10(24)6(2-20)33-18;5-1(3(7)8)2(6)4(9)10/h5-17,19-29H,1-4H2;1-2,5-6H,(H,7,8)(H,9,10)/t5-,6-,7-,8+,9-,10-,11+,12+,13-,14-,15+,16+,17-,18+;/m1./s1. The van der Waals surface area contributed by atoms with Crippen molar-refractivity contribution in [2.24, 2.45) is 0 Å². The molecule has 0 aromatic rings. The molecule has 3 saturated heterocycles. The number of carboxylic acid groups (broad SMARTS) is 2. The molecule has 44 heavy (non-hydrogen) atoms. The van der Waals surface area contributed by atoms with Gasteiger partial charge in [-0.25, -0.2) is 9.59 Å². The van der Waals surface area contributed by atoms with Crippen molar-refractivity contribution in [2.45, 2.75) is 97.7 Å². The summed E-state index contributed by atoms with van der Waals surface area (Å²) in [6.45, 7) is -3.14. The summed E-state index contributed by atoms with van der Waals surface area (Å²) in [4.78, 5) is 19.5. The van der Waals surface area contributed by atoms with Gasteiger partial charge in [0, 0.05) is 0 Å². The van der Waals surface area contributed by atoms with Crippen molar-refractivity contribution in [2.75, 3.05) is 26.4 Å². The van der Waals surface area contributed by atoms with Crippen molar-refractivity contribution in [3.05, 3.63) is 0 Å². The third-order valence-electron chi connectivity index (χ3n) is 6.97. The van der Waals surface area contributed by atoms with E-state index in [4.69, 9.17) is 44.1 Å². The smallest absolute Gasteiger partial charge is 0.335 e. The van der Waals surface area contributed by atoms with E-state index in [2.05, 4.69) is 0 Å². The quantitative estimate of drug-likeness (QED) is 0.0982. The molecule has 0 spiro atoms. The zero-order valence-electron chi connectivity index (χ0n) is 22.6. The van der Waals surface area contributed by atoms with Gasteiger partial charge in [-0.3, -0.25) is 0 Å². The molecule has 0 aromatic heterocycles. The molecule has 0 aromatic carbocycles. The SMILES string of the molecule is O=C(O)C(O)C(O)C(=O)O.OC[C@H]1O[C@H](OC[C@H]2O[C@H](O[C@]3(CO)O[C@H](CO)[C@@H](O)[C@@H]3O)[C@H](O)[C@@H](O)[C@@H]2O)[C@H](O)[C@@H](O)[C@H]1O. The lowest BCUT2D eigenvalue weighted by molar-refractivity contribution is -0.388. The van der Waals surface area contributed by atoms with Crippen molar-refractivity contribution in [3.8, 4) is 0 Å². The summed E-state index contributed by atoms with van der Waals surface area (Å²) >= 11 is 0. The Morgan fingerprint density at radius 1 is 0.636 bits per heavy atom. The van der Waals surface area contributed by atoms with Gasteiger partial charge in [-0.1, -0.05) is 0 Å². The number of aliphatic hydroxyl groups excluding tert-OH is 13. The van der Waals surface area contributed by atoms with Gasteiger partial charge in [0.25, 0.3) is 0 Å². The minimum absolute atomic E-state index is 0.634. The van der Waals surface area contributed by atoms with Crippen LogP contribution in [0.1, 0.15) is 0 Å². The molecule has 3 fully saturated rings. The number of ether oxygens (including phenoxy) is 5. The fourth-order valence-electron chi connectivity index (χ4n) is 4.28. The van der Waals surface area contributed by atoms with Crippen molar-refractivity contribution in [3.63, 3.8) is 0 Å². The maximum atomic E-state index is 10.3. The molecular weight excluding hydrogens is 616 g/mol. The highest BCUT2D eigenvalue weighted by Gasteiger charge is 2.58. The first kappa shape index (κ1) is 38.4. The van der Waals surface area contributed by atoms with Gasteiger partial charge in [0.1, 0.15) is 73.8 Å². The maximum absolute atomic E-state index is 10.3. The topological polar surface area (TPSA) is 384 Å². The van der Waals surface area contributed by atoms with E-state index in [0.29, 0.717) is 0 Å². The molecule has 3 aliphatic rings. The van der Waals surface area contributed by atoms with Crippen LogP contribution in [0.2, 0.25) is 0 Å². The number of carbonyl (C=O) groups is 2. The Morgan fingerprint density at radius 2 is 1.09 bits per heavy atom. The molecule has 0 bridgehead atoms. The molecular formula is C22H38O22. The van der Waals surface area contributed by atoms with Gasteiger partial charge in [-0.2, -0.15) is 0 Å².